The van der Waals surface area contributed by atoms with E-state index < -0.39 is 15.9 Å². The monoisotopic (exact) mass is 289 g/mol. The molecule has 8 heteroatoms. The zero-order valence-electron chi connectivity index (χ0n) is 11.2. The summed E-state index contributed by atoms with van der Waals surface area (Å²) in [6.45, 7) is 1.68. The van der Waals surface area contributed by atoms with Crippen LogP contribution in [0.25, 0.3) is 0 Å². The van der Waals surface area contributed by atoms with Crippen LogP contribution in [-0.2, 0) is 17.1 Å². The van der Waals surface area contributed by atoms with Gasteiger partial charge in [0.25, 0.3) is 5.91 Å². The lowest BCUT2D eigenvalue weighted by Gasteiger charge is -2.13. The van der Waals surface area contributed by atoms with Crippen LogP contribution >= 0.6 is 0 Å². The second-order valence-corrected chi connectivity index (χ2v) is 6.03. The number of amides is 1. The number of aliphatic hydroxyl groups excluding tert-OH is 1. The van der Waals surface area contributed by atoms with Crippen molar-refractivity contribution in [1.29, 1.82) is 0 Å². The molecule has 0 fully saturated rings. The summed E-state index contributed by atoms with van der Waals surface area (Å²) in [5, 5.41) is 11.7. The predicted octanol–water partition coefficient (Wildman–Crippen LogP) is -0.566. The summed E-state index contributed by atoms with van der Waals surface area (Å²) in [5.74, 6) is -0.416. The van der Waals surface area contributed by atoms with Crippen molar-refractivity contribution in [3.63, 3.8) is 0 Å². The number of carbonyl (C=O) groups is 1. The molecule has 0 spiro atoms. The second kappa shape index (κ2) is 6.18. The summed E-state index contributed by atoms with van der Waals surface area (Å²) in [7, 11) is -0.680. The van der Waals surface area contributed by atoms with Crippen LogP contribution < -0.4 is 10.0 Å². The molecule has 1 rings (SSSR count). The van der Waals surface area contributed by atoms with Crippen LogP contribution in [0.15, 0.2) is 17.2 Å². The molecule has 108 valence electrons. The minimum atomic E-state index is -3.57. The van der Waals surface area contributed by atoms with Crippen molar-refractivity contribution in [3.8, 4) is 0 Å². The van der Waals surface area contributed by atoms with E-state index in [1.807, 2.05) is 6.92 Å². The lowest BCUT2D eigenvalue weighted by molar-refractivity contribution is 0.0906. The minimum Gasteiger partial charge on any atom is -0.394 e. The fourth-order valence-electron chi connectivity index (χ4n) is 1.56. The van der Waals surface area contributed by atoms with Crippen molar-refractivity contribution in [2.75, 3.05) is 13.7 Å². The normalized spacial score (nSPS) is 13.3. The molecule has 0 saturated heterocycles. The fourth-order valence-corrected chi connectivity index (χ4v) is 2.36. The van der Waals surface area contributed by atoms with Crippen LogP contribution in [0.1, 0.15) is 23.8 Å². The molecule has 0 aliphatic carbocycles. The van der Waals surface area contributed by atoms with Crippen molar-refractivity contribution in [2.45, 2.75) is 24.3 Å². The lowest BCUT2D eigenvalue weighted by atomic mass is 10.2. The molecule has 0 radical (unpaired) electrons. The van der Waals surface area contributed by atoms with Gasteiger partial charge in [0.1, 0.15) is 10.6 Å². The van der Waals surface area contributed by atoms with Crippen molar-refractivity contribution < 1.29 is 18.3 Å². The van der Waals surface area contributed by atoms with Crippen molar-refractivity contribution in [3.05, 3.63) is 18.0 Å². The smallest absolute Gasteiger partial charge is 0.268 e. The Morgan fingerprint density at radius 3 is 2.63 bits per heavy atom. The third-order valence-corrected chi connectivity index (χ3v) is 4.22. The fraction of sp³-hybridized carbons (Fsp3) is 0.545. The SMILES string of the molecule is CC[C@H](CO)NC(=O)c1cc(S(=O)(=O)NC)cn1C. The number of hydrogen-bond acceptors (Lipinski definition) is 4. The van der Waals surface area contributed by atoms with Gasteiger partial charge in [-0.25, -0.2) is 13.1 Å². The van der Waals surface area contributed by atoms with Crippen molar-refractivity contribution in [1.82, 2.24) is 14.6 Å². The number of aliphatic hydroxyl groups is 1. The molecular weight excluding hydrogens is 270 g/mol. The Kier molecular flexibility index (Phi) is 5.10. The molecule has 0 bridgehead atoms. The highest BCUT2D eigenvalue weighted by atomic mass is 32.2. The molecule has 3 N–H and O–H groups in total. The highest BCUT2D eigenvalue weighted by Gasteiger charge is 2.20. The molecule has 1 aromatic heterocycles. The summed E-state index contributed by atoms with van der Waals surface area (Å²) in [4.78, 5) is 12.0. The number of rotatable bonds is 6. The molecule has 0 saturated carbocycles. The maximum Gasteiger partial charge on any atom is 0.268 e. The average Bonchev–Trinajstić information content (AvgIpc) is 2.78. The second-order valence-electron chi connectivity index (χ2n) is 4.14. The van der Waals surface area contributed by atoms with E-state index in [-0.39, 0.29) is 23.2 Å². The maximum atomic E-state index is 12.0. The van der Waals surface area contributed by atoms with Crippen LogP contribution in [0.4, 0.5) is 0 Å². The van der Waals surface area contributed by atoms with Crippen LogP contribution in [0, 0.1) is 0 Å². The Hall–Kier alpha value is -1.38. The van der Waals surface area contributed by atoms with Crippen LogP contribution in [0.2, 0.25) is 0 Å². The summed E-state index contributed by atoms with van der Waals surface area (Å²) >= 11 is 0. The first-order chi connectivity index (χ1) is 8.85. The average molecular weight is 289 g/mol. The van der Waals surface area contributed by atoms with Crippen LogP contribution in [0.5, 0.6) is 0 Å². The van der Waals surface area contributed by atoms with E-state index in [0.29, 0.717) is 6.42 Å². The van der Waals surface area contributed by atoms with Crippen molar-refractivity contribution >= 4 is 15.9 Å². The minimum absolute atomic E-state index is 0.0275. The first-order valence-electron chi connectivity index (χ1n) is 5.87. The van der Waals surface area contributed by atoms with Gasteiger partial charge in [-0.05, 0) is 19.5 Å². The van der Waals surface area contributed by atoms with E-state index in [2.05, 4.69) is 10.0 Å². The van der Waals surface area contributed by atoms with E-state index in [9.17, 15) is 13.2 Å². The van der Waals surface area contributed by atoms with Crippen LogP contribution in [-0.4, -0.2) is 43.7 Å². The van der Waals surface area contributed by atoms with Gasteiger partial charge in [-0.3, -0.25) is 4.79 Å². The number of hydrogen-bond donors (Lipinski definition) is 3. The van der Waals surface area contributed by atoms with Gasteiger partial charge < -0.3 is 15.0 Å². The first kappa shape index (κ1) is 15.7. The van der Waals surface area contributed by atoms with E-state index in [1.54, 1.807) is 7.05 Å². The summed E-state index contributed by atoms with van der Waals surface area (Å²) in [6.07, 6.45) is 1.95. The number of aryl methyl sites for hydroxylation is 1. The zero-order chi connectivity index (χ0) is 14.6. The number of sulfonamides is 1. The highest BCUT2D eigenvalue weighted by Crippen LogP contribution is 2.13. The van der Waals surface area contributed by atoms with Crippen LogP contribution in [0.3, 0.4) is 0 Å². The van der Waals surface area contributed by atoms with Gasteiger partial charge in [0.05, 0.1) is 12.6 Å². The molecule has 1 atom stereocenters. The van der Waals surface area contributed by atoms with Gasteiger partial charge in [-0.1, -0.05) is 6.92 Å². The Morgan fingerprint density at radius 2 is 2.16 bits per heavy atom. The number of nitrogens with one attached hydrogen (secondary N) is 2. The summed E-state index contributed by atoms with van der Waals surface area (Å²) in [5.41, 5.74) is 0.223. The van der Waals surface area contributed by atoms with E-state index in [4.69, 9.17) is 5.11 Å². The van der Waals surface area contributed by atoms with E-state index in [1.165, 1.54) is 23.9 Å². The molecule has 0 unspecified atom stereocenters. The molecule has 0 aromatic carbocycles. The largest absolute Gasteiger partial charge is 0.394 e. The van der Waals surface area contributed by atoms with Crippen molar-refractivity contribution in [2.24, 2.45) is 7.05 Å². The number of aromatic nitrogens is 1. The lowest BCUT2D eigenvalue weighted by Crippen LogP contribution is -2.37. The van der Waals surface area contributed by atoms with Gasteiger partial charge in [0.2, 0.25) is 10.0 Å². The number of carbonyl (C=O) groups excluding carboxylic acids is 1. The standard InChI is InChI=1S/C11H19N3O4S/c1-4-8(7-15)13-11(16)10-5-9(6-14(10)3)19(17,18)12-2/h5-6,8,12,15H,4,7H2,1-3H3,(H,13,16)/t8-/m1/s1. The molecule has 0 aliphatic rings. The predicted molar refractivity (Wildman–Crippen MR) is 70.3 cm³/mol. The Bertz CT molecular complexity index is 546. The molecule has 1 heterocycles. The molecule has 0 aliphatic heterocycles. The third kappa shape index (κ3) is 3.55. The van der Waals surface area contributed by atoms with Gasteiger partial charge in [-0.15, -0.1) is 0 Å². The molecule has 1 aromatic rings. The third-order valence-electron chi connectivity index (χ3n) is 2.84. The molecule has 7 nitrogen and oxygen atoms in total. The van der Waals surface area contributed by atoms with E-state index in [0.717, 1.165) is 0 Å². The topological polar surface area (TPSA) is 100 Å². The summed E-state index contributed by atoms with van der Waals surface area (Å²) < 4.78 is 26.9. The first-order valence-corrected chi connectivity index (χ1v) is 7.35. The summed E-state index contributed by atoms with van der Waals surface area (Å²) in [6, 6.07) is 0.956. The van der Waals surface area contributed by atoms with Gasteiger partial charge in [0, 0.05) is 13.2 Å². The molecular formula is C11H19N3O4S. The quantitative estimate of drug-likeness (QED) is 0.653. The van der Waals surface area contributed by atoms with Gasteiger partial charge in [-0.2, -0.15) is 0 Å². The Labute approximate surface area is 112 Å². The molecule has 1 amide bonds. The Balaban J connectivity index is 3.00. The van der Waals surface area contributed by atoms with Gasteiger partial charge >= 0.3 is 0 Å². The molecule has 19 heavy (non-hydrogen) atoms. The van der Waals surface area contributed by atoms with Gasteiger partial charge in [0.15, 0.2) is 0 Å². The highest BCUT2D eigenvalue weighted by molar-refractivity contribution is 7.89. The maximum absolute atomic E-state index is 12.0. The Morgan fingerprint density at radius 1 is 1.53 bits per heavy atom. The zero-order valence-corrected chi connectivity index (χ0v) is 12.0. The number of nitrogens with zero attached hydrogens (tertiary/aromatic N) is 1. The van der Waals surface area contributed by atoms with E-state index >= 15 is 0 Å².